The maximum atomic E-state index is 3.61. The van der Waals surface area contributed by atoms with Gasteiger partial charge in [0.1, 0.15) is 0 Å². The highest BCUT2D eigenvalue weighted by Crippen LogP contribution is 2.22. The van der Waals surface area contributed by atoms with E-state index in [1.54, 1.807) is 11.3 Å². The Hall–Kier alpha value is 0.1000. The molecular weight excluding hydrogens is 308 g/mol. The molecule has 1 aromatic rings. The second-order valence-corrected chi connectivity index (χ2v) is 7.43. The Bertz CT molecular complexity index is 347. The van der Waals surface area contributed by atoms with Gasteiger partial charge in [-0.2, -0.15) is 0 Å². The lowest BCUT2D eigenvalue weighted by Crippen LogP contribution is -2.37. The summed E-state index contributed by atoms with van der Waals surface area (Å²) >= 11 is 5.34. The molecule has 0 saturated carbocycles. The third kappa shape index (κ3) is 4.65. The number of thiophene rings is 1. The lowest BCUT2D eigenvalue weighted by Gasteiger charge is -2.25. The number of nitrogens with one attached hydrogen (secondary N) is 1. The molecule has 1 unspecified atom stereocenters. The molecule has 0 bridgehead atoms. The van der Waals surface area contributed by atoms with Crippen molar-refractivity contribution in [3.8, 4) is 0 Å². The molecule has 0 radical (unpaired) electrons. The van der Waals surface area contributed by atoms with Crippen LogP contribution in [0.5, 0.6) is 0 Å². The van der Waals surface area contributed by atoms with Crippen LogP contribution in [0.25, 0.3) is 0 Å². The minimum absolute atomic E-state index is 0.712. The summed E-state index contributed by atoms with van der Waals surface area (Å²) in [5.41, 5.74) is 1.45. The molecule has 18 heavy (non-hydrogen) atoms. The molecule has 1 atom stereocenters. The Morgan fingerprint density at radius 1 is 1.56 bits per heavy atom. The van der Waals surface area contributed by atoms with Crippen molar-refractivity contribution in [3.63, 3.8) is 0 Å². The number of unbranched alkanes of at least 4 members (excludes halogenated alkanes) is 1. The van der Waals surface area contributed by atoms with E-state index in [4.69, 9.17) is 0 Å². The molecule has 0 aromatic carbocycles. The van der Waals surface area contributed by atoms with Crippen LogP contribution < -0.4 is 5.32 Å². The van der Waals surface area contributed by atoms with Crippen LogP contribution in [0.1, 0.15) is 38.2 Å². The van der Waals surface area contributed by atoms with Crippen molar-refractivity contribution < 1.29 is 0 Å². The van der Waals surface area contributed by atoms with Gasteiger partial charge in [0.15, 0.2) is 0 Å². The lowest BCUT2D eigenvalue weighted by molar-refractivity contribution is 0.238. The first-order valence-electron chi connectivity index (χ1n) is 6.96. The SMILES string of the molecule is CCCCN(Cc1csc(Br)c1)CC1CCCN1. The van der Waals surface area contributed by atoms with Gasteiger partial charge in [0, 0.05) is 19.1 Å². The number of hydrogen-bond acceptors (Lipinski definition) is 3. The predicted molar refractivity (Wildman–Crippen MR) is 83.2 cm³/mol. The quantitative estimate of drug-likeness (QED) is 0.816. The Morgan fingerprint density at radius 2 is 2.44 bits per heavy atom. The average Bonchev–Trinajstić information content (AvgIpc) is 2.98. The molecule has 0 aliphatic carbocycles. The molecule has 1 aromatic heterocycles. The molecule has 0 spiro atoms. The summed E-state index contributed by atoms with van der Waals surface area (Å²) in [6.45, 7) is 7.00. The van der Waals surface area contributed by atoms with Crippen LogP contribution >= 0.6 is 27.3 Å². The van der Waals surface area contributed by atoms with Crippen LogP contribution in [0, 0.1) is 0 Å². The maximum Gasteiger partial charge on any atom is 0.0701 e. The van der Waals surface area contributed by atoms with Gasteiger partial charge in [-0.3, -0.25) is 4.90 Å². The molecule has 4 heteroatoms. The number of hydrogen-bond donors (Lipinski definition) is 1. The molecular formula is C14H23BrN2S. The summed E-state index contributed by atoms with van der Waals surface area (Å²) in [6.07, 6.45) is 5.27. The standard InChI is InChI=1S/C14H23BrN2S/c1-2-3-7-17(10-13-5-4-6-16-13)9-12-8-14(15)18-11-12/h8,11,13,16H,2-7,9-10H2,1H3. The molecule has 1 aliphatic rings. The van der Waals surface area contributed by atoms with Crippen molar-refractivity contribution in [2.75, 3.05) is 19.6 Å². The number of nitrogens with zero attached hydrogens (tertiary/aromatic N) is 1. The third-order valence-corrected chi connectivity index (χ3v) is 5.05. The first-order chi connectivity index (χ1) is 8.78. The molecule has 1 fully saturated rings. The lowest BCUT2D eigenvalue weighted by atomic mass is 10.2. The smallest absolute Gasteiger partial charge is 0.0701 e. The largest absolute Gasteiger partial charge is 0.313 e. The van der Waals surface area contributed by atoms with Crippen LogP contribution in [0.15, 0.2) is 15.2 Å². The summed E-state index contributed by atoms with van der Waals surface area (Å²) in [5.74, 6) is 0. The van der Waals surface area contributed by atoms with Gasteiger partial charge in [0.25, 0.3) is 0 Å². The Labute approximate surface area is 123 Å². The van der Waals surface area contributed by atoms with Gasteiger partial charge >= 0.3 is 0 Å². The highest BCUT2D eigenvalue weighted by atomic mass is 79.9. The molecule has 2 heterocycles. The highest BCUT2D eigenvalue weighted by Gasteiger charge is 2.18. The topological polar surface area (TPSA) is 15.3 Å². The molecule has 2 rings (SSSR count). The van der Waals surface area contributed by atoms with E-state index in [1.165, 1.54) is 54.7 Å². The number of halogens is 1. The zero-order valence-electron chi connectivity index (χ0n) is 11.1. The van der Waals surface area contributed by atoms with Crippen molar-refractivity contribution in [1.82, 2.24) is 10.2 Å². The van der Waals surface area contributed by atoms with Gasteiger partial charge in [-0.1, -0.05) is 13.3 Å². The molecule has 1 aliphatic heterocycles. The fraction of sp³-hybridized carbons (Fsp3) is 0.714. The predicted octanol–water partition coefficient (Wildman–Crippen LogP) is 3.86. The second-order valence-electron chi connectivity index (χ2n) is 5.14. The van der Waals surface area contributed by atoms with E-state index in [0.717, 1.165) is 6.54 Å². The first-order valence-corrected chi connectivity index (χ1v) is 8.64. The summed E-state index contributed by atoms with van der Waals surface area (Å²) in [7, 11) is 0. The van der Waals surface area contributed by atoms with Crippen LogP contribution in [0.2, 0.25) is 0 Å². The molecule has 1 saturated heterocycles. The van der Waals surface area contributed by atoms with Gasteiger partial charge in [0.05, 0.1) is 3.79 Å². The average molecular weight is 331 g/mol. The second kappa shape index (κ2) is 7.63. The van der Waals surface area contributed by atoms with Crippen LogP contribution in [0.4, 0.5) is 0 Å². The Balaban J connectivity index is 1.86. The molecule has 102 valence electrons. The number of rotatable bonds is 7. The van der Waals surface area contributed by atoms with E-state index in [9.17, 15) is 0 Å². The first kappa shape index (κ1) is 14.5. The van der Waals surface area contributed by atoms with Crippen LogP contribution in [-0.4, -0.2) is 30.6 Å². The van der Waals surface area contributed by atoms with Crippen molar-refractivity contribution in [1.29, 1.82) is 0 Å². The van der Waals surface area contributed by atoms with Gasteiger partial charge in [-0.05, 0) is 65.3 Å². The zero-order valence-corrected chi connectivity index (χ0v) is 13.5. The molecule has 2 nitrogen and oxygen atoms in total. The van der Waals surface area contributed by atoms with Crippen molar-refractivity contribution in [2.24, 2.45) is 0 Å². The summed E-state index contributed by atoms with van der Waals surface area (Å²) < 4.78 is 1.24. The van der Waals surface area contributed by atoms with E-state index < -0.39 is 0 Å². The third-order valence-electron chi connectivity index (χ3n) is 3.50. The van der Waals surface area contributed by atoms with Gasteiger partial charge in [-0.15, -0.1) is 11.3 Å². The van der Waals surface area contributed by atoms with E-state index in [-0.39, 0.29) is 0 Å². The van der Waals surface area contributed by atoms with E-state index in [2.05, 4.69) is 44.5 Å². The summed E-state index contributed by atoms with van der Waals surface area (Å²) in [4.78, 5) is 2.61. The minimum Gasteiger partial charge on any atom is -0.313 e. The zero-order chi connectivity index (χ0) is 12.8. The van der Waals surface area contributed by atoms with Gasteiger partial charge in [0.2, 0.25) is 0 Å². The fourth-order valence-electron chi connectivity index (χ4n) is 2.53. The van der Waals surface area contributed by atoms with Crippen molar-refractivity contribution in [2.45, 2.75) is 45.2 Å². The summed E-state index contributed by atoms with van der Waals surface area (Å²) in [6, 6.07) is 2.97. The minimum atomic E-state index is 0.712. The molecule has 1 N–H and O–H groups in total. The Morgan fingerprint density at radius 3 is 3.06 bits per heavy atom. The normalized spacial score (nSPS) is 19.8. The molecule has 0 amide bonds. The van der Waals surface area contributed by atoms with Crippen LogP contribution in [0.3, 0.4) is 0 Å². The van der Waals surface area contributed by atoms with E-state index >= 15 is 0 Å². The monoisotopic (exact) mass is 330 g/mol. The van der Waals surface area contributed by atoms with Crippen molar-refractivity contribution in [3.05, 3.63) is 20.8 Å². The van der Waals surface area contributed by atoms with Crippen LogP contribution in [-0.2, 0) is 6.54 Å². The fourth-order valence-corrected chi connectivity index (χ4v) is 3.73. The highest BCUT2D eigenvalue weighted by molar-refractivity contribution is 9.11. The maximum absolute atomic E-state index is 3.61. The van der Waals surface area contributed by atoms with E-state index in [1.807, 2.05) is 0 Å². The van der Waals surface area contributed by atoms with Crippen molar-refractivity contribution >= 4 is 27.3 Å². The van der Waals surface area contributed by atoms with Gasteiger partial charge in [-0.25, -0.2) is 0 Å². The summed E-state index contributed by atoms with van der Waals surface area (Å²) in [5, 5.41) is 5.88. The van der Waals surface area contributed by atoms with E-state index in [0.29, 0.717) is 6.04 Å². The van der Waals surface area contributed by atoms with Gasteiger partial charge < -0.3 is 5.32 Å². The Kier molecular flexibility index (Phi) is 6.15.